The first-order valence-electron chi connectivity index (χ1n) is 9.95. The zero-order chi connectivity index (χ0) is 23.6. The lowest BCUT2D eigenvalue weighted by molar-refractivity contribution is 0.0648. The molecule has 7 nitrogen and oxygen atoms in total. The van der Waals surface area contributed by atoms with Crippen molar-refractivity contribution in [2.75, 3.05) is 34.3 Å². The minimum atomic E-state index is -3.84. The second-order valence-corrected chi connectivity index (χ2v) is 9.83. The van der Waals surface area contributed by atoms with Gasteiger partial charge in [0.05, 0.1) is 12.7 Å². The zero-order valence-electron chi connectivity index (χ0n) is 18.0. The number of piperidine rings is 1. The van der Waals surface area contributed by atoms with Crippen molar-refractivity contribution < 1.29 is 31.5 Å². The van der Waals surface area contributed by atoms with E-state index < -0.39 is 33.4 Å². The summed E-state index contributed by atoms with van der Waals surface area (Å²) in [4.78, 5) is 27.0. The van der Waals surface area contributed by atoms with Crippen LogP contribution in [0, 0.1) is 17.6 Å². The molecule has 0 atom stereocenters. The van der Waals surface area contributed by atoms with Gasteiger partial charge in [0.1, 0.15) is 22.3 Å². The number of halogens is 2. The topological polar surface area (TPSA) is 84.0 Å². The Bertz CT molecular complexity index is 1140. The highest BCUT2D eigenvalue weighted by atomic mass is 32.2. The number of benzene rings is 2. The van der Waals surface area contributed by atoms with Gasteiger partial charge in [0.2, 0.25) is 10.0 Å². The Morgan fingerprint density at radius 1 is 1.06 bits per heavy atom. The van der Waals surface area contributed by atoms with Crippen LogP contribution in [0.1, 0.15) is 33.6 Å². The van der Waals surface area contributed by atoms with E-state index in [1.807, 2.05) is 0 Å². The summed E-state index contributed by atoms with van der Waals surface area (Å²) in [6.45, 7) is 0.460. The van der Waals surface area contributed by atoms with Gasteiger partial charge >= 0.3 is 0 Å². The summed E-state index contributed by atoms with van der Waals surface area (Å²) in [5.41, 5.74) is -0.115. The number of carbonyl (C=O) groups is 2. The normalized spacial score (nSPS) is 15.1. The molecule has 0 N–H and O–H groups in total. The number of hydrogen-bond acceptors (Lipinski definition) is 5. The van der Waals surface area contributed by atoms with Gasteiger partial charge in [-0.15, -0.1) is 0 Å². The summed E-state index contributed by atoms with van der Waals surface area (Å²) >= 11 is 0. The minimum Gasteiger partial charge on any atom is -0.495 e. The average Bonchev–Trinajstić information content (AvgIpc) is 2.79. The molecule has 0 radical (unpaired) electrons. The van der Waals surface area contributed by atoms with Crippen molar-refractivity contribution in [3.8, 4) is 5.75 Å². The Morgan fingerprint density at radius 3 is 2.31 bits per heavy atom. The number of amides is 1. The minimum absolute atomic E-state index is 0.122. The van der Waals surface area contributed by atoms with E-state index in [-0.39, 0.29) is 40.8 Å². The molecular weight excluding hydrogens is 442 g/mol. The van der Waals surface area contributed by atoms with Crippen LogP contribution in [0.5, 0.6) is 5.75 Å². The molecule has 1 aliphatic rings. The maximum Gasteiger partial charge on any atom is 0.253 e. The lowest BCUT2D eigenvalue weighted by Gasteiger charge is -2.31. The molecule has 1 amide bonds. The number of nitrogens with zero attached hydrogens (tertiary/aromatic N) is 2. The zero-order valence-corrected chi connectivity index (χ0v) is 18.8. The average molecular weight is 467 g/mol. The summed E-state index contributed by atoms with van der Waals surface area (Å²) in [6, 6.07) is 6.94. The van der Waals surface area contributed by atoms with Gasteiger partial charge in [-0.05, 0) is 49.2 Å². The van der Waals surface area contributed by atoms with Gasteiger partial charge in [0.25, 0.3) is 5.91 Å². The number of hydrogen-bond donors (Lipinski definition) is 0. The van der Waals surface area contributed by atoms with Gasteiger partial charge in [-0.3, -0.25) is 9.59 Å². The molecule has 32 heavy (non-hydrogen) atoms. The van der Waals surface area contributed by atoms with Gasteiger partial charge in [-0.25, -0.2) is 21.5 Å². The standard InChI is InChI=1S/C22H24F2N2O5S/c1-25(2)32(29,30)20-12-15(4-7-19(20)31-3)22(28)26-10-8-14(9-11-26)21(27)17-13-16(23)5-6-18(17)24/h4-7,12-14H,8-11H2,1-3H3. The Kier molecular flexibility index (Phi) is 6.94. The predicted octanol–water partition coefficient (Wildman–Crippen LogP) is 2.96. The molecule has 0 saturated carbocycles. The molecule has 10 heteroatoms. The van der Waals surface area contributed by atoms with E-state index in [2.05, 4.69) is 0 Å². The molecule has 0 bridgehead atoms. The van der Waals surface area contributed by atoms with Crippen molar-refractivity contribution in [2.45, 2.75) is 17.7 Å². The Balaban J connectivity index is 1.76. The number of methoxy groups -OCH3 is 1. The fourth-order valence-corrected chi connectivity index (χ4v) is 4.72. The second kappa shape index (κ2) is 9.33. The Morgan fingerprint density at radius 2 is 1.72 bits per heavy atom. The number of ketones is 1. The van der Waals surface area contributed by atoms with Crippen LogP contribution in [0.25, 0.3) is 0 Å². The van der Waals surface area contributed by atoms with E-state index in [0.29, 0.717) is 12.8 Å². The molecule has 2 aromatic carbocycles. The van der Waals surface area contributed by atoms with Gasteiger partial charge in [0.15, 0.2) is 5.78 Å². The summed E-state index contributed by atoms with van der Waals surface area (Å²) in [7, 11) is 0.267. The van der Waals surface area contributed by atoms with Crippen LogP contribution >= 0.6 is 0 Å². The second-order valence-electron chi connectivity index (χ2n) is 7.71. The monoisotopic (exact) mass is 466 g/mol. The van der Waals surface area contributed by atoms with Crippen LogP contribution in [0.2, 0.25) is 0 Å². The maximum absolute atomic E-state index is 13.9. The summed E-state index contributed by atoms with van der Waals surface area (Å²) in [5.74, 6) is -2.75. The smallest absolute Gasteiger partial charge is 0.253 e. The number of carbonyl (C=O) groups excluding carboxylic acids is 2. The molecule has 0 aliphatic carbocycles. The first kappa shape index (κ1) is 23.8. The maximum atomic E-state index is 13.9. The van der Waals surface area contributed by atoms with Crippen molar-refractivity contribution in [3.63, 3.8) is 0 Å². The lowest BCUT2D eigenvalue weighted by Crippen LogP contribution is -2.40. The first-order valence-corrected chi connectivity index (χ1v) is 11.4. The summed E-state index contributed by atoms with van der Waals surface area (Å²) in [5, 5.41) is 0. The number of Topliss-reactive ketones (excluding diaryl/α,β-unsaturated/α-hetero) is 1. The molecule has 1 aliphatic heterocycles. The van der Waals surface area contributed by atoms with Crippen LogP contribution in [0.15, 0.2) is 41.3 Å². The molecule has 0 spiro atoms. The highest BCUT2D eigenvalue weighted by molar-refractivity contribution is 7.89. The molecule has 172 valence electrons. The van der Waals surface area contributed by atoms with E-state index >= 15 is 0 Å². The number of sulfonamides is 1. The highest BCUT2D eigenvalue weighted by Gasteiger charge is 2.31. The van der Waals surface area contributed by atoms with Crippen molar-refractivity contribution in [1.29, 1.82) is 0 Å². The summed E-state index contributed by atoms with van der Waals surface area (Å²) in [6.07, 6.45) is 0.582. The largest absolute Gasteiger partial charge is 0.495 e. The van der Waals surface area contributed by atoms with E-state index in [1.54, 1.807) is 0 Å². The molecule has 0 aromatic heterocycles. The fraction of sp³-hybridized carbons (Fsp3) is 0.364. The van der Waals surface area contributed by atoms with E-state index in [9.17, 15) is 26.8 Å². The molecule has 2 aromatic rings. The van der Waals surface area contributed by atoms with Crippen molar-refractivity contribution in [2.24, 2.45) is 5.92 Å². The molecule has 3 rings (SSSR count). The number of ether oxygens (including phenoxy) is 1. The first-order chi connectivity index (χ1) is 15.1. The number of likely N-dealkylation sites (tertiary alicyclic amines) is 1. The van der Waals surface area contributed by atoms with Gasteiger partial charge in [-0.1, -0.05) is 0 Å². The predicted molar refractivity (Wildman–Crippen MR) is 113 cm³/mol. The van der Waals surface area contributed by atoms with E-state index in [1.165, 1.54) is 44.3 Å². The Hall–Kier alpha value is -2.85. The lowest BCUT2D eigenvalue weighted by atomic mass is 9.88. The SMILES string of the molecule is COc1ccc(C(=O)N2CCC(C(=O)c3cc(F)ccc3F)CC2)cc1S(=O)(=O)N(C)C. The highest BCUT2D eigenvalue weighted by Crippen LogP contribution is 2.29. The molecular formula is C22H24F2N2O5S. The third-order valence-electron chi connectivity index (χ3n) is 5.52. The molecule has 0 unspecified atom stereocenters. The molecule has 1 saturated heterocycles. The fourth-order valence-electron chi connectivity index (χ4n) is 3.64. The van der Waals surface area contributed by atoms with Crippen LogP contribution in [-0.4, -0.2) is 63.6 Å². The van der Waals surface area contributed by atoms with Crippen molar-refractivity contribution >= 4 is 21.7 Å². The molecule has 1 heterocycles. The van der Waals surface area contributed by atoms with E-state index in [4.69, 9.17) is 4.74 Å². The van der Waals surface area contributed by atoms with Crippen molar-refractivity contribution in [1.82, 2.24) is 9.21 Å². The third kappa shape index (κ3) is 4.66. The van der Waals surface area contributed by atoms with Gasteiger partial charge in [0, 0.05) is 38.7 Å². The van der Waals surface area contributed by atoms with Crippen LogP contribution < -0.4 is 4.74 Å². The van der Waals surface area contributed by atoms with Gasteiger partial charge < -0.3 is 9.64 Å². The Labute approximate surface area is 185 Å². The van der Waals surface area contributed by atoms with E-state index in [0.717, 1.165) is 22.5 Å². The third-order valence-corrected chi connectivity index (χ3v) is 7.35. The van der Waals surface area contributed by atoms with Gasteiger partial charge in [-0.2, -0.15) is 0 Å². The molecule has 1 fully saturated rings. The quantitative estimate of drug-likeness (QED) is 0.612. The van der Waals surface area contributed by atoms with Crippen LogP contribution in [0.3, 0.4) is 0 Å². The van der Waals surface area contributed by atoms with Crippen LogP contribution in [0.4, 0.5) is 8.78 Å². The van der Waals surface area contributed by atoms with Crippen LogP contribution in [-0.2, 0) is 10.0 Å². The van der Waals surface area contributed by atoms with Crippen molar-refractivity contribution in [3.05, 3.63) is 59.2 Å². The number of rotatable bonds is 6. The summed E-state index contributed by atoms with van der Waals surface area (Å²) < 4.78 is 58.7.